The molecule has 0 bridgehead atoms. The van der Waals surface area contributed by atoms with Crippen LogP contribution >= 0.6 is 0 Å². The summed E-state index contributed by atoms with van der Waals surface area (Å²) in [6, 6.07) is 0.624. The molecule has 2 nitrogen and oxygen atoms in total. The monoisotopic (exact) mass is 237 g/mol. The van der Waals surface area contributed by atoms with Crippen molar-refractivity contribution >= 4 is 5.78 Å². The first kappa shape index (κ1) is 13.1. The predicted octanol–water partition coefficient (Wildman–Crippen LogP) is 3.16. The Morgan fingerprint density at radius 2 is 1.76 bits per heavy atom. The van der Waals surface area contributed by atoms with E-state index in [1.165, 1.54) is 32.1 Å². The van der Waals surface area contributed by atoms with Crippen LogP contribution in [-0.4, -0.2) is 18.4 Å². The van der Waals surface area contributed by atoms with Crippen molar-refractivity contribution in [3.8, 4) is 0 Å². The second-order valence-electron chi connectivity index (χ2n) is 6.29. The molecule has 0 amide bonds. The molecule has 0 heterocycles. The lowest BCUT2D eigenvalue weighted by molar-refractivity contribution is -0.123. The van der Waals surface area contributed by atoms with Crippen LogP contribution in [0.3, 0.4) is 0 Å². The van der Waals surface area contributed by atoms with E-state index in [-0.39, 0.29) is 0 Å². The van der Waals surface area contributed by atoms with Crippen molar-refractivity contribution in [2.24, 2.45) is 17.8 Å². The molecular weight excluding hydrogens is 210 g/mol. The highest BCUT2D eigenvalue weighted by atomic mass is 16.1. The summed E-state index contributed by atoms with van der Waals surface area (Å²) >= 11 is 0. The van der Waals surface area contributed by atoms with Crippen LogP contribution in [0.15, 0.2) is 0 Å². The van der Waals surface area contributed by atoms with Gasteiger partial charge >= 0.3 is 0 Å². The summed E-state index contributed by atoms with van der Waals surface area (Å²) in [6.45, 7) is 5.24. The standard InChI is InChI=1S/C15H27NO/c1-11-7-8-13(9-12(11)2)15(17)10-16-14-5-3-4-6-14/h11-14,16H,3-10H2,1-2H3. The van der Waals surface area contributed by atoms with Crippen molar-refractivity contribution in [3.63, 3.8) is 0 Å². The quantitative estimate of drug-likeness (QED) is 0.813. The molecule has 2 saturated carbocycles. The van der Waals surface area contributed by atoms with E-state index in [0.29, 0.717) is 24.3 Å². The van der Waals surface area contributed by atoms with Crippen molar-refractivity contribution in [1.82, 2.24) is 5.32 Å². The molecule has 3 unspecified atom stereocenters. The maximum atomic E-state index is 12.1. The summed E-state index contributed by atoms with van der Waals surface area (Å²) in [5.41, 5.74) is 0. The highest BCUT2D eigenvalue weighted by Gasteiger charge is 2.29. The molecule has 1 N–H and O–H groups in total. The van der Waals surface area contributed by atoms with Gasteiger partial charge in [0, 0.05) is 12.0 Å². The minimum absolute atomic E-state index is 0.343. The summed E-state index contributed by atoms with van der Waals surface area (Å²) in [5.74, 6) is 2.34. The minimum Gasteiger partial charge on any atom is -0.307 e. The number of hydrogen-bond donors (Lipinski definition) is 1. The molecule has 0 saturated heterocycles. The van der Waals surface area contributed by atoms with Gasteiger partial charge in [-0.1, -0.05) is 26.7 Å². The van der Waals surface area contributed by atoms with Crippen molar-refractivity contribution in [2.45, 2.75) is 64.8 Å². The van der Waals surface area contributed by atoms with E-state index in [1.54, 1.807) is 0 Å². The Bertz CT molecular complexity index is 258. The van der Waals surface area contributed by atoms with Gasteiger partial charge in [-0.05, 0) is 43.9 Å². The van der Waals surface area contributed by atoms with Gasteiger partial charge in [0.25, 0.3) is 0 Å². The van der Waals surface area contributed by atoms with E-state index < -0.39 is 0 Å². The average molecular weight is 237 g/mol. The van der Waals surface area contributed by atoms with Gasteiger partial charge in [-0.3, -0.25) is 4.79 Å². The van der Waals surface area contributed by atoms with E-state index in [1.807, 2.05) is 0 Å². The number of rotatable bonds is 4. The van der Waals surface area contributed by atoms with Crippen molar-refractivity contribution < 1.29 is 4.79 Å². The number of hydrogen-bond acceptors (Lipinski definition) is 2. The Hall–Kier alpha value is -0.370. The zero-order chi connectivity index (χ0) is 12.3. The molecule has 2 aliphatic carbocycles. The molecule has 0 aliphatic heterocycles. The molecule has 2 heteroatoms. The fourth-order valence-electron chi connectivity index (χ4n) is 3.36. The van der Waals surface area contributed by atoms with Gasteiger partial charge in [0.1, 0.15) is 5.78 Å². The third-order valence-electron chi connectivity index (χ3n) is 4.97. The normalized spacial score (nSPS) is 35.1. The van der Waals surface area contributed by atoms with Crippen LogP contribution in [-0.2, 0) is 4.79 Å². The number of carbonyl (C=O) groups excluding carboxylic acids is 1. The molecule has 98 valence electrons. The fraction of sp³-hybridized carbons (Fsp3) is 0.933. The number of carbonyl (C=O) groups is 1. The molecule has 0 aromatic carbocycles. The Balaban J connectivity index is 1.72. The van der Waals surface area contributed by atoms with Gasteiger partial charge in [0.15, 0.2) is 0 Å². The molecule has 0 spiro atoms. The summed E-state index contributed by atoms with van der Waals surface area (Å²) in [7, 11) is 0. The maximum absolute atomic E-state index is 12.1. The van der Waals surface area contributed by atoms with Crippen LogP contribution in [0.25, 0.3) is 0 Å². The van der Waals surface area contributed by atoms with E-state index >= 15 is 0 Å². The highest BCUT2D eigenvalue weighted by molar-refractivity contribution is 5.83. The molecule has 0 aromatic rings. The summed E-state index contributed by atoms with van der Waals surface area (Å²) in [4.78, 5) is 12.1. The van der Waals surface area contributed by atoms with Gasteiger partial charge in [-0.25, -0.2) is 0 Å². The Labute approximate surface area is 106 Å². The Morgan fingerprint density at radius 1 is 1.06 bits per heavy atom. The van der Waals surface area contributed by atoms with E-state index in [0.717, 1.165) is 24.7 Å². The van der Waals surface area contributed by atoms with E-state index in [2.05, 4.69) is 19.2 Å². The zero-order valence-electron chi connectivity index (χ0n) is 11.4. The summed E-state index contributed by atoms with van der Waals surface area (Å²) in [5, 5.41) is 3.46. The molecular formula is C15H27NO. The maximum Gasteiger partial charge on any atom is 0.149 e. The van der Waals surface area contributed by atoms with Gasteiger partial charge in [-0.2, -0.15) is 0 Å². The average Bonchev–Trinajstić information content (AvgIpc) is 2.82. The molecule has 0 aromatic heterocycles. The first-order chi connectivity index (χ1) is 8.16. The SMILES string of the molecule is CC1CCC(C(=O)CNC2CCCC2)CC1C. The summed E-state index contributed by atoms with van der Waals surface area (Å²) in [6.07, 6.45) is 8.69. The number of Topliss-reactive ketones (excluding diaryl/α,β-unsaturated/α-hetero) is 1. The zero-order valence-corrected chi connectivity index (χ0v) is 11.4. The largest absolute Gasteiger partial charge is 0.307 e. The van der Waals surface area contributed by atoms with Crippen molar-refractivity contribution in [2.75, 3.05) is 6.54 Å². The molecule has 17 heavy (non-hydrogen) atoms. The Morgan fingerprint density at radius 3 is 2.41 bits per heavy atom. The van der Waals surface area contributed by atoms with Crippen molar-refractivity contribution in [1.29, 1.82) is 0 Å². The highest BCUT2D eigenvalue weighted by Crippen LogP contribution is 2.33. The topological polar surface area (TPSA) is 29.1 Å². The molecule has 3 atom stereocenters. The van der Waals surface area contributed by atoms with Crippen LogP contribution in [0, 0.1) is 17.8 Å². The van der Waals surface area contributed by atoms with E-state index in [4.69, 9.17) is 0 Å². The van der Waals surface area contributed by atoms with Crippen LogP contribution in [0.4, 0.5) is 0 Å². The van der Waals surface area contributed by atoms with E-state index in [9.17, 15) is 4.79 Å². The van der Waals surface area contributed by atoms with Gasteiger partial charge in [0.2, 0.25) is 0 Å². The first-order valence-electron chi connectivity index (χ1n) is 7.43. The van der Waals surface area contributed by atoms with Gasteiger partial charge in [-0.15, -0.1) is 0 Å². The van der Waals surface area contributed by atoms with Crippen molar-refractivity contribution in [3.05, 3.63) is 0 Å². The predicted molar refractivity (Wildman–Crippen MR) is 70.9 cm³/mol. The lowest BCUT2D eigenvalue weighted by Crippen LogP contribution is -2.36. The fourth-order valence-corrected chi connectivity index (χ4v) is 3.36. The second kappa shape index (κ2) is 5.99. The smallest absolute Gasteiger partial charge is 0.149 e. The van der Waals surface area contributed by atoms with Crippen LogP contribution < -0.4 is 5.32 Å². The lowest BCUT2D eigenvalue weighted by Gasteiger charge is -2.31. The first-order valence-corrected chi connectivity index (χ1v) is 7.43. The summed E-state index contributed by atoms with van der Waals surface area (Å²) < 4.78 is 0. The van der Waals surface area contributed by atoms with Gasteiger partial charge < -0.3 is 5.32 Å². The second-order valence-corrected chi connectivity index (χ2v) is 6.29. The third kappa shape index (κ3) is 3.54. The molecule has 0 radical (unpaired) electrons. The molecule has 2 fully saturated rings. The minimum atomic E-state index is 0.343. The van der Waals surface area contributed by atoms with Crippen LogP contribution in [0.1, 0.15) is 58.8 Å². The molecule has 2 rings (SSSR count). The van der Waals surface area contributed by atoms with Crippen LogP contribution in [0.2, 0.25) is 0 Å². The number of nitrogens with one attached hydrogen (secondary N) is 1. The van der Waals surface area contributed by atoms with Crippen LogP contribution in [0.5, 0.6) is 0 Å². The number of ketones is 1. The Kier molecular flexibility index (Phi) is 4.61. The third-order valence-corrected chi connectivity index (χ3v) is 4.97. The van der Waals surface area contributed by atoms with Gasteiger partial charge in [0.05, 0.1) is 6.54 Å². The lowest BCUT2D eigenvalue weighted by atomic mass is 9.74. The molecule has 2 aliphatic rings.